The molecule has 112 valence electrons. The van der Waals surface area contributed by atoms with Gasteiger partial charge in [0.2, 0.25) is 10.0 Å². The molecule has 0 fully saturated rings. The molecule has 7 heteroatoms. The lowest BCUT2D eigenvalue weighted by Crippen LogP contribution is -2.38. The summed E-state index contributed by atoms with van der Waals surface area (Å²) < 4.78 is 25.3. The van der Waals surface area contributed by atoms with E-state index in [1.165, 1.54) is 31.3 Å². The Morgan fingerprint density at radius 1 is 1.25 bits per heavy atom. The molecule has 0 aliphatic heterocycles. The lowest BCUT2D eigenvalue weighted by Gasteiger charge is -2.13. The lowest BCUT2D eigenvalue weighted by molar-refractivity contribution is 0.0950. The molecule has 1 amide bonds. The van der Waals surface area contributed by atoms with Crippen molar-refractivity contribution in [1.29, 1.82) is 0 Å². The van der Waals surface area contributed by atoms with E-state index < -0.39 is 10.0 Å². The van der Waals surface area contributed by atoms with Crippen molar-refractivity contribution >= 4 is 15.9 Å². The van der Waals surface area contributed by atoms with Gasteiger partial charge in [-0.15, -0.1) is 0 Å². The van der Waals surface area contributed by atoms with Crippen molar-refractivity contribution in [2.45, 2.75) is 24.8 Å². The first kappa shape index (κ1) is 16.6. The van der Waals surface area contributed by atoms with Crippen LogP contribution in [0.1, 0.15) is 24.2 Å². The van der Waals surface area contributed by atoms with Crippen molar-refractivity contribution < 1.29 is 13.2 Å². The molecule has 6 nitrogen and oxygen atoms in total. The van der Waals surface area contributed by atoms with Crippen LogP contribution in [-0.4, -0.2) is 40.5 Å². The topological polar surface area (TPSA) is 87.3 Å². The van der Waals surface area contributed by atoms with Gasteiger partial charge in [0.15, 0.2) is 0 Å². The number of sulfonamides is 1. The van der Waals surface area contributed by atoms with Crippen LogP contribution in [0.2, 0.25) is 0 Å². The second kappa shape index (κ2) is 7.37. The Bertz CT molecular complexity index is 540. The van der Waals surface area contributed by atoms with Crippen LogP contribution in [0, 0.1) is 0 Å². The van der Waals surface area contributed by atoms with Crippen LogP contribution >= 0.6 is 0 Å². The molecule has 20 heavy (non-hydrogen) atoms. The molecular weight excluding hydrogens is 278 g/mol. The second-order valence-electron chi connectivity index (χ2n) is 4.40. The third kappa shape index (κ3) is 4.59. The van der Waals surface area contributed by atoms with Crippen LogP contribution < -0.4 is 15.4 Å². The average Bonchev–Trinajstić information content (AvgIpc) is 2.45. The number of hydrogen-bond acceptors (Lipinski definition) is 4. The fraction of sp³-hybridized carbons (Fsp3) is 0.462. The molecule has 0 aliphatic carbocycles. The highest BCUT2D eigenvalue weighted by Crippen LogP contribution is 2.09. The highest BCUT2D eigenvalue weighted by molar-refractivity contribution is 7.89. The Labute approximate surface area is 120 Å². The monoisotopic (exact) mass is 299 g/mol. The maximum absolute atomic E-state index is 11.9. The number of nitrogens with one attached hydrogen (secondary N) is 3. The Balaban J connectivity index is 2.67. The van der Waals surface area contributed by atoms with E-state index in [1.54, 1.807) is 0 Å². The van der Waals surface area contributed by atoms with Crippen LogP contribution in [0.25, 0.3) is 0 Å². The summed E-state index contributed by atoms with van der Waals surface area (Å²) in [4.78, 5) is 12.0. The van der Waals surface area contributed by atoms with Crippen LogP contribution in [-0.2, 0) is 10.0 Å². The Hall–Kier alpha value is -1.44. The third-order valence-electron chi connectivity index (χ3n) is 2.82. The predicted molar refractivity (Wildman–Crippen MR) is 78.2 cm³/mol. The van der Waals surface area contributed by atoms with E-state index >= 15 is 0 Å². The number of carbonyl (C=O) groups is 1. The van der Waals surface area contributed by atoms with Crippen molar-refractivity contribution in [2.24, 2.45) is 0 Å². The quantitative estimate of drug-likeness (QED) is 0.677. The summed E-state index contributed by atoms with van der Waals surface area (Å²) in [6, 6.07) is 6.01. The van der Waals surface area contributed by atoms with E-state index in [0.717, 1.165) is 6.54 Å². The van der Waals surface area contributed by atoms with Crippen molar-refractivity contribution in [1.82, 2.24) is 15.4 Å². The van der Waals surface area contributed by atoms with Gasteiger partial charge in [-0.2, -0.15) is 0 Å². The van der Waals surface area contributed by atoms with Gasteiger partial charge in [-0.05, 0) is 44.8 Å². The molecule has 0 spiro atoms. The van der Waals surface area contributed by atoms with E-state index in [2.05, 4.69) is 15.4 Å². The Morgan fingerprint density at radius 2 is 1.85 bits per heavy atom. The number of likely N-dealkylation sites (N-methyl/N-ethyl adjacent to an activating group) is 1. The van der Waals surface area contributed by atoms with Gasteiger partial charge in [0.25, 0.3) is 5.91 Å². The van der Waals surface area contributed by atoms with Gasteiger partial charge in [-0.1, -0.05) is 6.92 Å². The zero-order valence-corrected chi connectivity index (χ0v) is 12.8. The molecule has 1 aromatic rings. The van der Waals surface area contributed by atoms with Gasteiger partial charge in [0, 0.05) is 18.2 Å². The Kier molecular flexibility index (Phi) is 6.12. The van der Waals surface area contributed by atoms with E-state index in [4.69, 9.17) is 0 Å². The third-order valence-corrected chi connectivity index (χ3v) is 4.25. The number of carbonyl (C=O) groups excluding carboxylic acids is 1. The van der Waals surface area contributed by atoms with Gasteiger partial charge < -0.3 is 10.6 Å². The molecule has 0 bridgehead atoms. The highest BCUT2D eigenvalue weighted by atomic mass is 32.2. The lowest BCUT2D eigenvalue weighted by atomic mass is 10.2. The molecule has 3 N–H and O–H groups in total. The van der Waals surface area contributed by atoms with Crippen molar-refractivity contribution in [3.8, 4) is 0 Å². The molecule has 0 heterocycles. The molecule has 1 rings (SSSR count). The summed E-state index contributed by atoms with van der Waals surface area (Å²) in [5.74, 6) is -0.219. The molecule has 0 aromatic heterocycles. The average molecular weight is 299 g/mol. The van der Waals surface area contributed by atoms with Gasteiger partial charge in [0.1, 0.15) is 0 Å². The van der Waals surface area contributed by atoms with E-state index in [1.807, 2.05) is 13.8 Å². The van der Waals surface area contributed by atoms with Crippen molar-refractivity contribution in [3.05, 3.63) is 29.8 Å². The largest absolute Gasteiger partial charge is 0.350 e. The molecule has 0 unspecified atom stereocenters. The number of rotatable bonds is 7. The molecule has 1 aromatic carbocycles. The molecule has 0 saturated carbocycles. The number of amides is 1. The van der Waals surface area contributed by atoms with Gasteiger partial charge >= 0.3 is 0 Å². The fourth-order valence-electron chi connectivity index (χ4n) is 1.67. The summed E-state index contributed by atoms with van der Waals surface area (Å²) in [5.41, 5.74) is 0.434. The minimum atomic E-state index is -3.47. The summed E-state index contributed by atoms with van der Waals surface area (Å²) in [6.07, 6.45) is 0. The van der Waals surface area contributed by atoms with Crippen LogP contribution in [0.4, 0.5) is 0 Å². The van der Waals surface area contributed by atoms with Crippen LogP contribution in [0.15, 0.2) is 29.2 Å². The minimum Gasteiger partial charge on any atom is -0.350 e. The fourth-order valence-corrected chi connectivity index (χ4v) is 2.40. The van der Waals surface area contributed by atoms with Gasteiger partial charge in [-0.3, -0.25) is 4.79 Å². The van der Waals surface area contributed by atoms with Crippen molar-refractivity contribution in [2.75, 3.05) is 20.1 Å². The maximum Gasteiger partial charge on any atom is 0.251 e. The molecule has 1 atom stereocenters. The Morgan fingerprint density at radius 3 is 2.35 bits per heavy atom. The summed E-state index contributed by atoms with van der Waals surface area (Å²) in [5, 5.41) is 5.98. The van der Waals surface area contributed by atoms with Crippen LogP contribution in [0.3, 0.4) is 0 Å². The standard InChI is InChI=1S/C13H21N3O3S/c1-4-15-10(2)9-16-13(17)11-5-7-12(8-6-11)20(18,19)14-3/h5-8,10,14-15H,4,9H2,1-3H3,(H,16,17)/t10-/m1/s1. The zero-order chi connectivity index (χ0) is 15.2. The first-order valence-corrected chi connectivity index (χ1v) is 7.94. The molecular formula is C13H21N3O3S. The SMILES string of the molecule is CCN[C@H](C)CNC(=O)c1ccc(S(=O)(=O)NC)cc1. The number of hydrogen-bond donors (Lipinski definition) is 3. The van der Waals surface area contributed by atoms with E-state index in [9.17, 15) is 13.2 Å². The highest BCUT2D eigenvalue weighted by Gasteiger charge is 2.12. The maximum atomic E-state index is 11.9. The summed E-state index contributed by atoms with van der Waals surface area (Å²) in [6.45, 7) is 5.34. The molecule has 0 aliphatic rings. The molecule has 0 saturated heterocycles. The first-order valence-electron chi connectivity index (χ1n) is 6.46. The summed E-state index contributed by atoms with van der Waals surface area (Å²) >= 11 is 0. The first-order chi connectivity index (χ1) is 9.40. The van der Waals surface area contributed by atoms with Gasteiger partial charge in [-0.25, -0.2) is 13.1 Å². The minimum absolute atomic E-state index is 0.137. The zero-order valence-electron chi connectivity index (χ0n) is 11.9. The summed E-state index contributed by atoms with van der Waals surface area (Å²) in [7, 11) is -2.12. The molecule has 0 radical (unpaired) electrons. The predicted octanol–water partition coefficient (Wildman–Crippen LogP) is 0.323. The smallest absolute Gasteiger partial charge is 0.251 e. The van der Waals surface area contributed by atoms with Gasteiger partial charge in [0.05, 0.1) is 4.90 Å². The number of benzene rings is 1. The van der Waals surface area contributed by atoms with E-state index in [-0.39, 0.29) is 16.8 Å². The van der Waals surface area contributed by atoms with E-state index in [0.29, 0.717) is 12.1 Å². The van der Waals surface area contributed by atoms with Crippen LogP contribution in [0.5, 0.6) is 0 Å². The normalized spacial score (nSPS) is 12.9. The second-order valence-corrected chi connectivity index (χ2v) is 6.29. The van der Waals surface area contributed by atoms with Crippen molar-refractivity contribution in [3.63, 3.8) is 0 Å².